The van der Waals surface area contributed by atoms with Gasteiger partial charge in [0.15, 0.2) is 0 Å². The number of likely N-dealkylation sites (N-methyl/N-ethyl adjacent to an activating group) is 1. The van der Waals surface area contributed by atoms with Crippen LogP contribution in [-0.4, -0.2) is 32.3 Å². The van der Waals surface area contributed by atoms with Crippen LogP contribution in [0.2, 0.25) is 0 Å². The molecule has 30 heavy (non-hydrogen) atoms. The predicted molar refractivity (Wildman–Crippen MR) is 110 cm³/mol. The molecule has 1 aliphatic rings. The number of aromatic nitrogens is 4. The van der Waals surface area contributed by atoms with E-state index in [1.54, 1.807) is 38.2 Å². The summed E-state index contributed by atoms with van der Waals surface area (Å²) in [4.78, 5) is 24.7. The lowest BCUT2D eigenvalue weighted by molar-refractivity contribution is -0.117. The highest BCUT2D eigenvalue weighted by atomic mass is 32.1. The Morgan fingerprint density at radius 2 is 1.70 bits per heavy atom. The van der Waals surface area contributed by atoms with Gasteiger partial charge in [-0.1, -0.05) is 29.5 Å². The Morgan fingerprint density at radius 3 is 2.37 bits per heavy atom. The van der Waals surface area contributed by atoms with Crippen molar-refractivity contribution < 1.29 is 13.6 Å². The SMILES string of the molecule is CN1C(=O)Cc2cccc(F)c21.Cc1nnc(-n2c(=O)n(C)c3c(F)cccc32)s1. The zero-order valence-electron chi connectivity index (χ0n) is 16.4. The molecule has 0 bridgehead atoms. The number of nitrogens with zero attached hydrogens (tertiary/aromatic N) is 5. The van der Waals surface area contributed by atoms with Gasteiger partial charge < -0.3 is 4.90 Å². The van der Waals surface area contributed by atoms with Gasteiger partial charge in [-0.2, -0.15) is 0 Å². The number of anilines is 1. The number of carbonyl (C=O) groups excluding carboxylic acids is 1. The molecule has 0 radical (unpaired) electrons. The number of amides is 1. The minimum absolute atomic E-state index is 0.0462. The monoisotopic (exact) mass is 429 g/mol. The lowest BCUT2D eigenvalue weighted by Gasteiger charge is -2.09. The van der Waals surface area contributed by atoms with Crippen molar-refractivity contribution >= 4 is 34.0 Å². The van der Waals surface area contributed by atoms with Gasteiger partial charge in [-0.15, -0.1) is 10.2 Å². The van der Waals surface area contributed by atoms with Crippen LogP contribution in [0.4, 0.5) is 14.5 Å². The molecule has 0 saturated carbocycles. The summed E-state index contributed by atoms with van der Waals surface area (Å²) in [7, 11) is 3.13. The van der Waals surface area contributed by atoms with E-state index in [2.05, 4.69) is 10.2 Å². The lowest BCUT2D eigenvalue weighted by atomic mass is 10.1. The summed E-state index contributed by atoms with van der Waals surface area (Å²) >= 11 is 1.29. The number of aryl methyl sites for hydroxylation is 2. The summed E-state index contributed by atoms with van der Waals surface area (Å²) in [5.41, 5.74) is 1.66. The Morgan fingerprint density at radius 1 is 1.00 bits per heavy atom. The van der Waals surface area contributed by atoms with E-state index >= 15 is 0 Å². The normalized spacial score (nSPS) is 12.8. The molecule has 1 aliphatic heterocycles. The fraction of sp³-hybridized carbons (Fsp3) is 0.200. The molecule has 0 fully saturated rings. The van der Waals surface area contributed by atoms with E-state index in [0.717, 1.165) is 10.6 Å². The van der Waals surface area contributed by atoms with Crippen molar-refractivity contribution in [1.82, 2.24) is 19.3 Å². The maximum absolute atomic E-state index is 13.8. The number of hydrogen-bond donors (Lipinski definition) is 0. The quantitative estimate of drug-likeness (QED) is 0.466. The Bertz CT molecular complexity index is 1340. The Kier molecular flexibility index (Phi) is 4.94. The van der Waals surface area contributed by atoms with Crippen LogP contribution in [0, 0.1) is 18.6 Å². The van der Waals surface area contributed by atoms with E-state index in [-0.39, 0.29) is 22.9 Å². The van der Waals surface area contributed by atoms with Crippen LogP contribution in [0.1, 0.15) is 10.6 Å². The third kappa shape index (κ3) is 3.18. The van der Waals surface area contributed by atoms with Crippen LogP contribution < -0.4 is 10.6 Å². The van der Waals surface area contributed by atoms with Crippen LogP contribution in [0.5, 0.6) is 0 Å². The van der Waals surface area contributed by atoms with Crippen molar-refractivity contribution in [2.45, 2.75) is 13.3 Å². The van der Waals surface area contributed by atoms with Gasteiger partial charge in [0, 0.05) is 14.1 Å². The molecular formula is C20H17F2N5O2S. The Labute approximate surface area is 173 Å². The van der Waals surface area contributed by atoms with E-state index in [9.17, 15) is 18.4 Å². The third-order valence-corrected chi connectivity index (χ3v) is 5.67. The molecule has 0 spiro atoms. The van der Waals surface area contributed by atoms with E-state index in [1.165, 1.54) is 44.6 Å². The molecule has 0 atom stereocenters. The molecule has 0 N–H and O–H groups in total. The van der Waals surface area contributed by atoms with Crippen molar-refractivity contribution in [3.8, 4) is 5.13 Å². The third-order valence-electron chi connectivity index (χ3n) is 4.85. The van der Waals surface area contributed by atoms with Crippen LogP contribution in [0.25, 0.3) is 16.2 Å². The summed E-state index contributed by atoms with van der Waals surface area (Å²) in [6, 6.07) is 9.36. The molecule has 0 aliphatic carbocycles. The maximum atomic E-state index is 13.8. The molecule has 1 amide bonds. The Hall–Kier alpha value is -3.40. The number of benzene rings is 2. The molecule has 0 unspecified atom stereocenters. The van der Waals surface area contributed by atoms with Crippen LogP contribution in [0.15, 0.2) is 41.2 Å². The first-order chi connectivity index (χ1) is 14.3. The number of halogens is 2. The van der Waals surface area contributed by atoms with Gasteiger partial charge in [-0.3, -0.25) is 9.36 Å². The number of rotatable bonds is 1. The second-order valence-corrected chi connectivity index (χ2v) is 7.93. The van der Waals surface area contributed by atoms with Crippen molar-refractivity contribution in [2.24, 2.45) is 7.05 Å². The molecule has 7 nitrogen and oxygen atoms in total. The molecule has 154 valence electrons. The predicted octanol–water partition coefficient (Wildman–Crippen LogP) is 2.97. The first-order valence-electron chi connectivity index (χ1n) is 9.00. The molecule has 0 saturated heterocycles. The van der Waals surface area contributed by atoms with Gasteiger partial charge in [0.2, 0.25) is 11.0 Å². The highest BCUT2D eigenvalue weighted by molar-refractivity contribution is 7.13. The molecular weight excluding hydrogens is 412 g/mol. The lowest BCUT2D eigenvalue weighted by Crippen LogP contribution is -2.21. The molecule has 3 heterocycles. The van der Waals surface area contributed by atoms with Gasteiger partial charge in [-0.05, 0) is 30.7 Å². The van der Waals surface area contributed by atoms with Crippen molar-refractivity contribution in [3.63, 3.8) is 0 Å². The van der Waals surface area contributed by atoms with E-state index in [1.807, 2.05) is 0 Å². The van der Waals surface area contributed by atoms with Gasteiger partial charge in [0.25, 0.3) is 0 Å². The fourth-order valence-corrected chi connectivity index (χ4v) is 4.11. The average Bonchev–Trinajstić information content (AvgIpc) is 3.33. The summed E-state index contributed by atoms with van der Waals surface area (Å²) in [5.74, 6) is -0.789. The van der Waals surface area contributed by atoms with E-state index < -0.39 is 5.82 Å². The van der Waals surface area contributed by atoms with Crippen molar-refractivity contribution in [2.75, 3.05) is 11.9 Å². The second kappa shape index (κ2) is 7.45. The van der Waals surface area contributed by atoms with Crippen LogP contribution in [-0.2, 0) is 18.3 Å². The zero-order valence-corrected chi connectivity index (χ0v) is 17.2. The number of imidazole rings is 1. The molecule has 4 aromatic rings. The maximum Gasteiger partial charge on any atom is 0.335 e. The second-order valence-electron chi connectivity index (χ2n) is 6.77. The van der Waals surface area contributed by atoms with Crippen LogP contribution >= 0.6 is 11.3 Å². The van der Waals surface area contributed by atoms with E-state index in [4.69, 9.17) is 0 Å². The smallest absolute Gasteiger partial charge is 0.312 e. The molecule has 5 rings (SSSR count). The van der Waals surface area contributed by atoms with Gasteiger partial charge in [0.05, 0.1) is 17.6 Å². The van der Waals surface area contributed by atoms with Gasteiger partial charge >= 0.3 is 5.69 Å². The summed E-state index contributed by atoms with van der Waals surface area (Å²) in [6.07, 6.45) is 0.323. The highest BCUT2D eigenvalue weighted by Crippen LogP contribution is 2.29. The van der Waals surface area contributed by atoms with Crippen molar-refractivity contribution in [3.05, 3.63) is 69.1 Å². The van der Waals surface area contributed by atoms with E-state index in [0.29, 0.717) is 22.8 Å². The summed E-state index contributed by atoms with van der Waals surface area (Å²) in [6.45, 7) is 1.80. The number of para-hydroxylation sites is 2. The highest BCUT2D eigenvalue weighted by Gasteiger charge is 2.26. The molecule has 2 aromatic carbocycles. The average molecular weight is 429 g/mol. The summed E-state index contributed by atoms with van der Waals surface area (Å²) in [5, 5.41) is 9.02. The largest absolute Gasteiger partial charge is 0.335 e. The standard InChI is InChI=1S/C11H9FN4OS.C9H8FNO/c1-6-13-14-10(18-6)16-8-5-3-4-7(12)9(8)15(2)11(16)17;1-11-8(12)5-6-3-2-4-7(10)9(6)11/h3-5H,1-2H3;2-4H,5H2,1H3. The molecule has 2 aromatic heterocycles. The minimum atomic E-state index is -0.424. The first kappa shape index (κ1) is 19.9. The van der Waals surface area contributed by atoms with Crippen LogP contribution in [0.3, 0.4) is 0 Å². The fourth-order valence-electron chi connectivity index (χ4n) is 3.41. The van der Waals surface area contributed by atoms with Gasteiger partial charge in [0.1, 0.15) is 22.2 Å². The van der Waals surface area contributed by atoms with Crippen molar-refractivity contribution in [1.29, 1.82) is 0 Å². The topological polar surface area (TPSA) is 73.0 Å². The zero-order chi connectivity index (χ0) is 21.6. The number of hydrogen-bond acceptors (Lipinski definition) is 5. The number of fused-ring (bicyclic) bond motifs is 2. The first-order valence-corrected chi connectivity index (χ1v) is 9.81. The Balaban J connectivity index is 0.000000158. The number of carbonyl (C=O) groups is 1. The minimum Gasteiger partial charge on any atom is -0.312 e. The van der Waals surface area contributed by atoms with Gasteiger partial charge in [-0.25, -0.2) is 18.1 Å². The summed E-state index contributed by atoms with van der Waals surface area (Å²) < 4.78 is 29.5. The molecule has 10 heteroatoms.